The fourth-order valence-electron chi connectivity index (χ4n) is 2.83. The second-order valence-electron chi connectivity index (χ2n) is 6.29. The third-order valence-electron chi connectivity index (χ3n) is 4.22. The molecule has 156 valence electrons. The number of fused-ring (bicyclic) bond motifs is 1. The maximum absolute atomic E-state index is 13.4. The van der Waals surface area contributed by atoms with Crippen molar-refractivity contribution in [3.8, 4) is 17.2 Å². The fraction of sp³-hybridized carbons (Fsp3) is 0.200. The van der Waals surface area contributed by atoms with Crippen LogP contribution in [0.25, 0.3) is 0 Å². The second-order valence-corrected chi connectivity index (χ2v) is 6.29. The van der Waals surface area contributed by atoms with Gasteiger partial charge >= 0.3 is 6.18 Å². The lowest BCUT2D eigenvalue weighted by molar-refractivity contribution is -0.137. The van der Waals surface area contributed by atoms with Crippen molar-refractivity contribution in [2.45, 2.75) is 6.18 Å². The van der Waals surface area contributed by atoms with Gasteiger partial charge in [-0.15, -0.1) is 0 Å². The molecule has 0 atom stereocenters. The number of halogens is 3. The highest BCUT2D eigenvalue weighted by Crippen LogP contribution is 2.37. The molecule has 0 fully saturated rings. The third kappa shape index (κ3) is 4.32. The number of alkyl halides is 3. The Morgan fingerprint density at radius 2 is 1.73 bits per heavy atom. The quantitative estimate of drug-likeness (QED) is 0.618. The van der Waals surface area contributed by atoms with E-state index in [9.17, 15) is 13.2 Å². The summed E-state index contributed by atoms with van der Waals surface area (Å²) in [4.78, 5) is 7.84. The molecule has 1 aliphatic rings. The van der Waals surface area contributed by atoms with Crippen molar-refractivity contribution in [1.29, 1.82) is 0 Å². The zero-order valence-corrected chi connectivity index (χ0v) is 15.8. The molecule has 1 aromatic heterocycles. The number of hydrogen-bond donors (Lipinski definition) is 2. The minimum atomic E-state index is -4.63. The lowest BCUT2D eigenvalue weighted by Crippen LogP contribution is -2.15. The summed E-state index contributed by atoms with van der Waals surface area (Å²) >= 11 is 0. The molecule has 2 heterocycles. The summed E-state index contributed by atoms with van der Waals surface area (Å²) in [5.74, 6) is 1.24. The van der Waals surface area contributed by atoms with E-state index in [-0.39, 0.29) is 11.8 Å². The fourth-order valence-corrected chi connectivity index (χ4v) is 2.83. The maximum atomic E-state index is 13.4. The van der Waals surface area contributed by atoms with E-state index in [1.54, 1.807) is 42.5 Å². The van der Waals surface area contributed by atoms with Crippen molar-refractivity contribution in [1.82, 2.24) is 9.97 Å². The molecule has 2 N–H and O–H groups in total. The van der Waals surface area contributed by atoms with Gasteiger partial charge in [-0.2, -0.15) is 18.2 Å². The van der Waals surface area contributed by atoms with Crippen molar-refractivity contribution in [2.75, 3.05) is 31.0 Å². The molecular formula is C20H17F3N4O3. The maximum Gasteiger partial charge on any atom is 0.421 e. The van der Waals surface area contributed by atoms with E-state index in [1.165, 1.54) is 7.11 Å². The molecule has 2 aromatic carbocycles. The molecule has 0 saturated heterocycles. The topological polar surface area (TPSA) is 77.5 Å². The van der Waals surface area contributed by atoms with Gasteiger partial charge in [-0.25, -0.2) is 4.98 Å². The zero-order chi connectivity index (χ0) is 21.1. The summed E-state index contributed by atoms with van der Waals surface area (Å²) in [6.07, 6.45) is -3.90. The van der Waals surface area contributed by atoms with Crippen LogP contribution >= 0.6 is 0 Å². The molecule has 10 heteroatoms. The summed E-state index contributed by atoms with van der Waals surface area (Å²) in [5, 5.41) is 5.59. The van der Waals surface area contributed by atoms with E-state index in [1.807, 2.05) is 0 Å². The molecule has 4 rings (SSSR count). The molecule has 30 heavy (non-hydrogen) atoms. The van der Waals surface area contributed by atoms with Crippen LogP contribution in [0.3, 0.4) is 0 Å². The van der Waals surface area contributed by atoms with Crippen LogP contribution < -0.4 is 24.8 Å². The molecule has 0 bridgehead atoms. The number of nitrogens with one attached hydrogen (secondary N) is 2. The molecule has 3 aromatic rings. The lowest BCUT2D eigenvalue weighted by Gasteiger charge is -2.19. The number of rotatable bonds is 5. The summed E-state index contributed by atoms with van der Waals surface area (Å²) in [5.41, 5.74) is -0.0480. The van der Waals surface area contributed by atoms with Gasteiger partial charge in [0.25, 0.3) is 0 Å². The minimum Gasteiger partial charge on any atom is -0.497 e. The Labute approximate surface area is 169 Å². The van der Waals surface area contributed by atoms with Gasteiger partial charge < -0.3 is 24.8 Å². The predicted octanol–water partition coefficient (Wildman–Crippen LogP) is 4.76. The average Bonchev–Trinajstić information content (AvgIpc) is 2.73. The van der Waals surface area contributed by atoms with E-state index < -0.39 is 11.7 Å². The monoisotopic (exact) mass is 418 g/mol. The Bertz CT molecular complexity index is 1060. The standard InChI is InChI=1S/C20H17F3N4O3/c1-28-14-4-2-3-12(9-14)25-18-15(20(21,22)23)11-24-19(27-18)26-13-5-6-16-17(10-13)30-8-7-29-16/h2-6,9-11H,7-8H2,1H3,(H2,24,25,26,27). The van der Waals surface area contributed by atoms with E-state index >= 15 is 0 Å². The van der Waals surface area contributed by atoms with Gasteiger partial charge in [0.1, 0.15) is 30.3 Å². The molecule has 0 spiro atoms. The van der Waals surface area contributed by atoms with Gasteiger partial charge in [-0.1, -0.05) is 6.07 Å². The number of benzene rings is 2. The normalized spacial score (nSPS) is 12.9. The third-order valence-corrected chi connectivity index (χ3v) is 4.22. The Morgan fingerprint density at radius 1 is 0.967 bits per heavy atom. The van der Waals surface area contributed by atoms with Crippen molar-refractivity contribution in [2.24, 2.45) is 0 Å². The van der Waals surface area contributed by atoms with Crippen LogP contribution in [0.2, 0.25) is 0 Å². The Morgan fingerprint density at radius 3 is 2.50 bits per heavy atom. The van der Waals surface area contributed by atoms with Crippen molar-refractivity contribution in [3.63, 3.8) is 0 Å². The van der Waals surface area contributed by atoms with E-state index in [0.29, 0.717) is 41.8 Å². The van der Waals surface area contributed by atoms with E-state index in [2.05, 4.69) is 20.6 Å². The first kappa shape index (κ1) is 19.6. The molecule has 0 amide bonds. The number of anilines is 4. The lowest BCUT2D eigenvalue weighted by atomic mass is 10.2. The van der Waals surface area contributed by atoms with Crippen LogP contribution in [-0.2, 0) is 6.18 Å². The molecule has 1 aliphatic heterocycles. The number of aromatic nitrogens is 2. The van der Waals surface area contributed by atoms with Crippen molar-refractivity contribution < 1.29 is 27.4 Å². The first-order valence-electron chi connectivity index (χ1n) is 8.94. The van der Waals surface area contributed by atoms with Crippen LogP contribution in [0.15, 0.2) is 48.7 Å². The number of nitrogens with zero attached hydrogens (tertiary/aromatic N) is 2. The van der Waals surface area contributed by atoms with Gasteiger partial charge in [0.2, 0.25) is 5.95 Å². The van der Waals surface area contributed by atoms with E-state index in [0.717, 1.165) is 6.20 Å². The van der Waals surface area contributed by atoms with Gasteiger partial charge in [-0.05, 0) is 24.3 Å². The van der Waals surface area contributed by atoms with Gasteiger partial charge in [0.15, 0.2) is 11.5 Å². The summed E-state index contributed by atoms with van der Waals surface area (Å²) in [7, 11) is 1.47. The number of ether oxygens (including phenoxy) is 3. The van der Waals surface area contributed by atoms with E-state index in [4.69, 9.17) is 14.2 Å². The summed E-state index contributed by atoms with van der Waals surface area (Å²) in [6, 6.07) is 11.6. The first-order chi connectivity index (χ1) is 14.4. The smallest absolute Gasteiger partial charge is 0.421 e. The summed E-state index contributed by atoms with van der Waals surface area (Å²) < 4.78 is 56.4. The number of methoxy groups -OCH3 is 1. The highest BCUT2D eigenvalue weighted by Gasteiger charge is 2.35. The summed E-state index contributed by atoms with van der Waals surface area (Å²) in [6.45, 7) is 0.878. The largest absolute Gasteiger partial charge is 0.497 e. The van der Waals surface area contributed by atoms with Crippen molar-refractivity contribution in [3.05, 3.63) is 54.2 Å². The molecule has 0 aliphatic carbocycles. The Balaban J connectivity index is 1.64. The SMILES string of the molecule is COc1cccc(Nc2nc(Nc3ccc4c(c3)OCCO4)ncc2C(F)(F)F)c1. The molecule has 0 unspecified atom stereocenters. The first-order valence-corrected chi connectivity index (χ1v) is 8.94. The van der Waals surface area contributed by atoms with Crippen LogP contribution in [0.5, 0.6) is 17.2 Å². The second kappa shape index (κ2) is 7.97. The van der Waals surface area contributed by atoms with Gasteiger partial charge in [-0.3, -0.25) is 0 Å². The highest BCUT2D eigenvalue weighted by atomic mass is 19.4. The van der Waals surface area contributed by atoms with Gasteiger partial charge in [0.05, 0.1) is 7.11 Å². The number of hydrogen-bond acceptors (Lipinski definition) is 7. The average molecular weight is 418 g/mol. The zero-order valence-electron chi connectivity index (χ0n) is 15.8. The molecule has 0 saturated carbocycles. The van der Waals surface area contributed by atoms with Crippen LogP contribution in [-0.4, -0.2) is 30.3 Å². The van der Waals surface area contributed by atoms with Crippen LogP contribution in [0.1, 0.15) is 5.56 Å². The van der Waals surface area contributed by atoms with Crippen LogP contribution in [0.4, 0.5) is 36.3 Å². The minimum absolute atomic E-state index is 0.00919. The van der Waals surface area contributed by atoms with Crippen molar-refractivity contribution >= 4 is 23.1 Å². The molecule has 0 radical (unpaired) electrons. The van der Waals surface area contributed by atoms with Gasteiger partial charge in [0, 0.05) is 29.7 Å². The highest BCUT2D eigenvalue weighted by molar-refractivity contribution is 5.65. The molecule has 7 nitrogen and oxygen atoms in total. The Hall–Kier alpha value is -3.69. The molecular weight excluding hydrogens is 401 g/mol. The van der Waals surface area contributed by atoms with Crippen LogP contribution in [0, 0.1) is 0 Å². The Kier molecular flexibility index (Phi) is 5.21. The predicted molar refractivity (Wildman–Crippen MR) is 104 cm³/mol.